The van der Waals surface area contributed by atoms with E-state index in [2.05, 4.69) is 10.3 Å². The monoisotopic (exact) mass is 461 g/mol. The molecule has 156 valence electrons. The number of hydrogen-bond acceptors (Lipinski definition) is 4. The van der Waals surface area contributed by atoms with E-state index in [0.29, 0.717) is 15.7 Å². The van der Waals surface area contributed by atoms with Crippen LogP contribution in [0.25, 0.3) is 11.3 Å². The minimum atomic E-state index is -0.375. The predicted molar refractivity (Wildman–Crippen MR) is 123 cm³/mol. The van der Waals surface area contributed by atoms with Crippen LogP contribution in [0.15, 0.2) is 42.5 Å². The highest BCUT2D eigenvalue weighted by Crippen LogP contribution is 2.30. The third-order valence-electron chi connectivity index (χ3n) is 4.47. The van der Waals surface area contributed by atoms with Crippen molar-refractivity contribution in [1.82, 2.24) is 9.88 Å². The van der Waals surface area contributed by atoms with E-state index in [-0.39, 0.29) is 24.8 Å². The Balaban J connectivity index is 1.67. The maximum Gasteiger partial charge on any atom is 0.244 e. The summed E-state index contributed by atoms with van der Waals surface area (Å²) in [5, 5.41) is 4.24. The van der Waals surface area contributed by atoms with Gasteiger partial charge < -0.3 is 10.2 Å². The maximum atomic E-state index is 12.8. The predicted octanol–water partition coefficient (Wildman–Crippen LogP) is 5.37. The number of nitrogens with zero attached hydrogens (tertiary/aromatic N) is 2. The van der Waals surface area contributed by atoms with Gasteiger partial charge in [-0.1, -0.05) is 59.1 Å². The van der Waals surface area contributed by atoms with Gasteiger partial charge in [0.15, 0.2) is 0 Å². The zero-order valence-corrected chi connectivity index (χ0v) is 19.2. The molecule has 1 heterocycles. The lowest BCUT2D eigenvalue weighted by Crippen LogP contribution is -2.35. The lowest BCUT2D eigenvalue weighted by Gasteiger charge is -2.17. The Morgan fingerprint density at radius 1 is 1.07 bits per heavy atom. The van der Waals surface area contributed by atoms with Crippen LogP contribution in [0.3, 0.4) is 0 Å². The highest BCUT2D eigenvalue weighted by atomic mass is 35.5. The smallest absolute Gasteiger partial charge is 0.244 e. The molecule has 8 heteroatoms. The second-order valence-corrected chi connectivity index (χ2v) is 9.04. The first kappa shape index (κ1) is 22.3. The third-order valence-corrected chi connectivity index (χ3v) is 6.08. The maximum absolute atomic E-state index is 12.8. The van der Waals surface area contributed by atoms with Gasteiger partial charge in [-0.3, -0.25) is 9.59 Å². The second-order valence-electron chi connectivity index (χ2n) is 6.94. The van der Waals surface area contributed by atoms with Gasteiger partial charge in [-0.05, 0) is 26.0 Å². The van der Waals surface area contributed by atoms with Gasteiger partial charge in [-0.2, -0.15) is 0 Å². The average Bonchev–Trinajstić information content (AvgIpc) is 3.05. The molecule has 1 N–H and O–H groups in total. The quantitative estimate of drug-likeness (QED) is 0.536. The molecule has 5 nitrogen and oxygen atoms in total. The molecule has 0 bridgehead atoms. The standard InChI is InChI=1S/C22H21Cl2N3O2S/c1-13-7-9-15(10-8-13)21-18(30-14(2)25-21)11-20(29)27(3)12-19(28)26-22-16(23)5-4-6-17(22)24/h4-10H,11-12H2,1-3H3,(H,26,28). The van der Waals surface area contributed by atoms with E-state index in [1.54, 1.807) is 25.2 Å². The van der Waals surface area contributed by atoms with Crippen molar-refractivity contribution in [3.05, 3.63) is 68.0 Å². The van der Waals surface area contributed by atoms with Gasteiger partial charge in [0.05, 0.1) is 39.4 Å². The van der Waals surface area contributed by atoms with Crippen molar-refractivity contribution in [1.29, 1.82) is 0 Å². The van der Waals surface area contributed by atoms with Crippen LogP contribution >= 0.6 is 34.5 Å². The molecule has 3 rings (SSSR count). The van der Waals surface area contributed by atoms with Crippen molar-refractivity contribution in [2.75, 3.05) is 18.9 Å². The molecular weight excluding hydrogens is 441 g/mol. The largest absolute Gasteiger partial charge is 0.336 e. The Bertz CT molecular complexity index is 1060. The minimum absolute atomic E-state index is 0.113. The average molecular weight is 462 g/mol. The summed E-state index contributed by atoms with van der Waals surface area (Å²) in [5.41, 5.74) is 3.28. The Morgan fingerprint density at radius 2 is 1.70 bits per heavy atom. The Labute approximate surface area is 189 Å². The molecule has 0 saturated heterocycles. The number of anilines is 1. The second kappa shape index (κ2) is 9.60. The van der Waals surface area contributed by atoms with Crippen LogP contribution in [0.4, 0.5) is 5.69 Å². The molecule has 0 fully saturated rings. The molecule has 2 aromatic carbocycles. The Hall–Kier alpha value is -2.41. The van der Waals surface area contributed by atoms with Crippen molar-refractivity contribution in [3.8, 4) is 11.3 Å². The van der Waals surface area contributed by atoms with Gasteiger partial charge in [-0.15, -0.1) is 11.3 Å². The minimum Gasteiger partial charge on any atom is -0.336 e. The van der Waals surface area contributed by atoms with Crippen LogP contribution < -0.4 is 5.32 Å². The number of carbonyl (C=O) groups excluding carboxylic acids is 2. The number of halogens is 2. The number of hydrogen-bond donors (Lipinski definition) is 1. The molecule has 0 atom stereocenters. The summed E-state index contributed by atoms with van der Waals surface area (Å²) in [6, 6.07) is 13.0. The number of amides is 2. The molecule has 0 aliphatic carbocycles. The van der Waals surface area contributed by atoms with Crippen molar-refractivity contribution in [2.45, 2.75) is 20.3 Å². The number of nitrogens with one attached hydrogen (secondary N) is 1. The molecule has 0 aliphatic heterocycles. The van der Waals surface area contributed by atoms with Gasteiger partial charge in [-0.25, -0.2) is 4.98 Å². The number of aryl methyl sites for hydroxylation is 2. The first-order chi connectivity index (χ1) is 14.2. The fourth-order valence-corrected chi connectivity index (χ4v) is 4.34. The van der Waals surface area contributed by atoms with Gasteiger partial charge in [0.1, 0.15) is 0 Å². The molecule has 0 aliphatic rings. The number of likely N-dealkylation sites (N-methyl/N-ethyl adjacent to an activating group) is 1. The van der Waals surface area contributed by atoms with Crippen LogP contribution in [-0.4, -0.2) is 35.3 Å². The number of carbonyl (C=O) groups is 2. The summed E-state index contributed by atoms with van der Waals surface area (Å²) in [6.45, 7) is 3.83. The summed E-state index contributed by atoms with van der Waals surface area (Å²) in [7, 11) is 1.59. The normalized spacial score (nSPS) is 10.7. The number of para-hydroxylation sites is 1. The first-order valence-electron chi connectivity index (χ1n) is 9.25. The van der Waals surface area contributed by atoms with Gasteiger partial charge in [0.25, 0.3) is 0 Å². The van der Waals surface area contributed by atoms with E-state index in [1.165, 1.54) is 16.2 Å². The SMILES string of the molecule is Cc1ccc(-c2nc(C)sc2CC(=O)N(C)CC(=O)Nc2c(Cl)cccc2Cl)cc1. The fraction of sp³-hybridized carbons (Fsp3) is 0.227. The number of benzene rings is 2. The number of rotatable bonds is 6. The van der Waals surface area contributed by atoms with E-state index in [9.17, 15) is 9.59 Å². The van der Waals surface area contributed by atoms with Crippen LogP contribution in [0.2, 0.25) is 10.0 Å². The van der Waals surface area contributed by atoms with Gasteiger partial charge in [0, 0.05) is 17.5 Å². The molecule has 3 aromatic rings. The lowest BCUT2D eigenvalue weighted by molar-refractivity contribution is -0.132. The van der Waals surface area contributed by atoms with E-state index in [1.807, 2.05) is 38.1 Å². The fourth-order valence-electron chi connectivity index (χ4n) is 2.90. The molecular formula is C22H21Cl2N3O2S. The molecule has 30 heavy (non-hydrogen) atoms. The van der Waals surface area contributed by atoms with Gasteiger partial charge >= 0.3 is 0 Å². The van der Waals surface area contributed by atoms with Crippen molar-refractivity contribution >= 4 is 52.0 Å². The van der Waals surface area contributed by atoms with Crippen molar-refractivity contribution in [2.24, 2.45) is 0 Å². The van der Waals surface area contributed by atoms with E-state index < -0.39 is 0 Å². The lowest BCUT2D eigenvalue weighted by atomic mass is 10.1. The molecule has 2 amide bonds. The van der Waals surface area contributed by atoms with E-state index >= 15 is 0 Å². The van der Waals surface area contributed by atoms with Crippen molar-refractivity contribution in [3.63, 3.8) is 0 Å². The van der Waals surface area contributed by atoms with Crippen LogP contribution in [0.5, 0.6) is 0 Å². The van der Waals surface area contributed by atoms with E-state index in [0.717, 1.165) is 26.7 Å². The molecule has 1 aromatic heterocycles. The molecule has 0 saturated carbocycles. The first-order valence-corrected chi connectivity index (χ1v) is 10.8. The zero-order valence-electron chi connectivity index (χ0n) is 16.8. The third kappa shape index (κ3) is 5.39. The summed E-state index contributed by atoms with van der Waals surface area (Å²) in [5.74, 6) is -0.549. The van der Waals surface area contributed by atoms with Crippen LogP contribution in [0, 0.1) is 13.8 Å². The van der Waals surface area contributed by atoms with Crippen molar-refractivity contribution < 1.29 is 9.59 Å². The summed E-state index contributed by atoms with van der Waals surface area (Å²) in [6.07, 6.45) is 0.172. The Morgan fingerprint density at radius 3 is 2.33 bits per heavy atom. The molecule has 0 unspecified atom stereocenters. The molecule has 0 radical (unpaired) electrons. The summed E-state index contributed by atoms with van der Waals surface area (Å²) in [4.78, 5) is 32.0. The number of aromatic nitrogens is 1. The van der Waals surface area contributed by atoms with E-state index in [4.69, 9.17) is 23.2 Å². The topological polar surface area (TPSA) is 62.3 Å². The highest BCUT2D eigenvalue weighted by Gasteiger charge is 2.19. The molecule has 0 spiro atoms. The number of thiazole rings is 1. The summed E-state index contributed by atoms with van der Waals surface area (Å²) < 4.78 is 0. The van der Waals surface area contributed by atoms with Crippen LogP contribution in [0.1, 0.15) is 15.4 Å². The van der Waals surface area contributed by atoms with Crippen LogP contribution in [-0.2, 0) is 16.0 Å². The van der Waals surface area contributed by atoms with Gasteiger partial charge in [0.2, 0.25) is 11.8 Å². The summed E-state index contributed by atoms with van der Waals surface area (Å²) >= 11 is 13.7. The zero-order chi connectivity index (χ0) is 21.8. The Kier molecular flexibility index (Phi) is 7.13. The highest BCUT2D eigenvalue weighted by molar-refractivity contribution is 7.12.